The van der Waals surface area contributed by atoms with Crippen LogP contribution >= 0.6 is 0 Å². The van der Waals surface area contributed by atoms with Gasteiger partial charge in [0.05, 0.1) is 13.7 Å². The van der Waals surface area contributed by atoms with Crippen molar-refractivity contribution in [2.45, 2.75) is 33.2 Å². The maximum Gasteiger partial charge on any atom is 0.270 e. The molecule has 1 amide bonds. The minimum atomic E-state index is -0.259. The van der Waals surface area contributed by atoms with Crippen LogP contribution in [0.3, 0.4) is 0 Å². The van der Waals surface area contributed by atoms with Gasteiger partial charge >= 0.3 is 0 Å². The normalized spacial score (nSPS) is 11.0. The first-order valence-electron chi connectivity index (χ1n) is 8.46. The second kappa shape index (κ2) is 8.51. The Hall–Kier alpha value is -2.83. The van der Waals surface area contributed by atoms with Crippen molar-refractivity contribution in [2.24, 2.45) is 0 Å². The van der Waals surface area contributed by atoms with Gasteiger partial charge in [-0.15, -0.1) is 0 Å². The summed E-state index contributed by atoms with van der Waals surface area (Å²) in [5.41, 5.74) is 0.175. The van der Waals surface area contributed by atoms with Gasteiger partial charge in [0.25, 0.3) is 5.91 Å². The first-order chi connectivity index (χ1) is 12.3. The average Bonchev–Trinajstić information content (AvgIpc) is 2.57. The van der Waals surface area contributed by atoms with E-state index in [2.05, 4.69) is 20.6 Å². The molecular formula is C19H26N4O3. The van der Waals surface area contributed by atoms with Crippen LogP contribution in [0.5, 0.6) is 11.5 Å². The molecule has 0 radical (unpaired) electrons. The number of anilines is 1. The van der Waals surface area contributed by atoms with E-state index in [1.165, 1.54) is 0 Å². The molecule has 2 aromatic rings. The van der Waals surface area contributed by atoms with Crippen molar-refractivity contribution in [2.75, 3.05) is 25.6 Å². The van der Waals surface area contributed by atoms with E-state index in [9.17, 15) is 4.79 Å². The number of methoxy groups -OCH3 is 1. The summed E-state index contributed by atoms with van der Waals surface area (Å²) < 4.78 is 10.7. The van der Waals surface area contributed by atoms with Crippen LogP contribution in [-0.4, -0.2) is 41.7 Å². The first kappa shape index (κ1) is 19.5. The van der Waals surface area contributed by atoms with E-state index in [-0.39, 0.29) is 11.4 Å². The minimum absolute atomic E-state index is 0.152. The number of carbonyl (C=O) groups is 1. The third kappa shape index (κ3) is 6.23. The number of nitrogens with zero attached hydrogens (tertiary/aromatic N) is 2. The summed E-state index contributed by atoms with van der Waals surface area (Å²) >= 11 is 0. The molecule has 0 aliphatic rings. The monoisotopic (exact) mass is 358 g/mol. The third-order valence-electron chi connectivity index (χ3n) is 3.29. The van der Waals surface area contributed by atoms with Crippen molar-refractivity contribution in [1.29, 1.82) is 0 Å². The molecule has 140 valence electrons. The lowest BCUT2D eigenvalue weighted by molar-refractivity contribution is 0.0941. The smallest absolute Gasteiger partial charge is 0.270 e. The maximum absolute atomic E-state index is 12.3. The molecule has 2 rings (SSSR count). The third-order valence-corrected chi connectivity index (χ3v) is 3.29. The molecule has 0 atom stereocenters. The zero-order valence-electron chi connectivity index (χ0n) is 15.9. The second-order valence-electron chi connectivity index (χ2n) is 6.84. The predicted octanol–water partition coefficient (Wildman–Crippen LogP) is 2.81. The fourth-order valence-electron chi connectivity index (χ4n) is 2.23. The first-order valence-corrected chi connectivity index (χ1v) is 8.46. The fourth-order valence-corrected chi connectivity index (χ4v) is 2.23. The van der Waals surface area contributed by atoms with Gasteiger partial charge in [-0.05, 0) is 52.0 Å². The highest BCUT2D eigenvalue weighted by Gasteiger charge is 2.14. The van der Waals surface area contributed by atoms with Crippen LogP contribution < -0.4 is 20.1 Å². The van der Waals surface area contributed by atoms with E-state index in [0.29, 0.717) is 30.5 Å². The number of carbonyl (C=O) groups excluding carboxylic acids is 1. The van der Waals surface area contributed by atoms with Gasteiger partial charge in [-0.2, -0.15) is 0 Å². The van der Waals surface area contributed by atoms with Gasteiger partial charge in [0.1, 0.15) is 35.4 Å². The molecule has 26 heavy (non-hydrogen) atoms. The lowest BCUT2D eigenvalue weighted by Crippen LogP contribution is -2.30. The molecule has 0 saturated carbocycles. The molecule has 0 bridgehead atoms. The number of amides is 1. The molecule has 1 aromatic carbocycles. The Morgan fingerprint density at radius 2 is 1.77 bits per heavy atom. The Balaban J connectivity index is 1.87. The van der Waals surface area contributed by atoms with Crippen LogP contribution in [0.4, 0.5) is 5.82 Å². The molecule has 1 heterocycles. The summed E-state index contributed by atoms with van der Waals surface area (Å²) in [6, 6.07) is 8.93. The summed E-state index contributed by atoms with van der Waals surface area (Å²) in [7, 11) is 1.61. The largest absolute Gasteiger partial charge is 0.497 e. The van der Waals surface area contributed by atoms with Gasteiger partial charge in [-0.3, -0.25) is 4.79 Å². The van der Waals surface area contributed by atoms with Crippen molar-refractivity contribution in [3.63, 3.8) is 0 Å². The molecule has 0 aliphatic carbocycles. The van der Waals surface area contributed by atoms with Crippen molar-refractivity contribution >= 4 is 11.7 Å². The SMILES string of the molecule is COc1ccc(OCCNC(=O)c2cc(NC(C)(C)C)nc(C)n2)cc1. The van der Waals surface area contributed by atoms with Crippen LogP contribution in [0.1, 0.15) is 37.1 Å². The molecule has 0 unspecified atom stereocenters. The molecular weight excluding hydrogens is 332 g/mol. The topological polar surface area (TPSA) is 85.4 Å². The highest BCUT2D eigenvalue weighted by molar-refractivity contribution is 5.92. The lowest BCUT2D eigenvalue weighted by Gasteiger charge is -2.21. The molecule has 0 fully saturated rings. The van der Waals surface area contributed by atoms with Crippen molar-refractivity contribution in [1.82, 2.24) is 15.3 Å². The van der Waals surface area contributed by atoms with Crippen LogP contribution in [0, 0.1) is 6.92 Å². The number of benzene rings is 1. The van der Waals surface area contributed by atoms with Gasteiger partial charge in [0, 0.05) is 11.6 Å². The maximum atomic E-state index is 12.3. The molecule has 2 N–H and O–H groups in total. The highest BCUT2D eigenvalue weighted by Crippen LogP contribution is 2.17. The minimum Gasteiger partial charge on any atom is -0.497 e. The molecule has 0 spiro atoms. The Morgan fingerprint density at radius 1 is 1.12 bits per heavy atom. The average molecular weight is 358 g/mol. The fraction of sp³-hybridized carbons (Fsp3) is 0.421. The number of hydrogen-bond acceptors (Lipinski definition) is 6. The Kier molecular flexibility index (Phi) is 6.38. The van der Waals surface area contributed by atoms with Gasteiger partial charge in [0.2, 0.25) is 0 Å². The van der Waals surface area contributed by atoms with Gasteiger partial charge in [-0.1, -0.05) is 0 Å². The van der Waals surface area contributed by atoms with Crippen molar-refractivity contribution < 1.29 is 14.3 Å². The molecule has 0 aliphatic heterocycles. The summed E-state index contributed by atoms with van der Waals surface area (Å²) in [5.74, 6) is 2.40. The summed E-state index contributed by atoms with van der Waals surface area (Å²) in [6.07, 6.45) is 0. The summed E-state index contributed by atoms with van der Waals surface area (Å²) in [4.78, 5) is 20.8. The number of hydrogen-bond donors (Lipinski definition) is 2. The zero-order valence-corrected chi connectivity index (χ0v) is 15.9. The van der Waals surface area contributed by atoms with E-state index < -0.39 is 0 Å². The van der Waals surface area contributed by atoms with E-state index in [0.717, 1.165) is 11.5 Å². The van der Waals surface area contributed by atoms with Crippen molar-refractivity contribution in [3.8, 4) is 11.5 Å². The van der Waals surface area contributed by atoms with Gasteiger partial charge in [0.15, 0.2) is 0 Å². The number of aryl methyl sites for hydroxylation is 1. The zero-order chi connectivity index (χ0) is 19.2. The number of ether oxygens (including phenoxy) is 2. The number of aromatic nitrogens is 2. The standard InChI is InChI=1S/C19H26N4O3/c1-13-21-16(12-17(22-13)23-19(2,3)4)18(24)20-10-11-26-15-8-6-14(25-5)7-9-15/h6-9,12H,10-11H2,1-5H3,(H,20,24)(H,21,22,23). The molecule has 7 nitrogen and oxygen atoms in total. The van der Waals surface area contributed by atoms with Gasteiger partial charge < -0.3 is 20.1 Å². The second-order valence-corrected chi connectivity index (χ2v) is 6.84. The van der Waals surface area contributed by atoms with Gasteiger partial charge in [-0.25, -0.2) is 9.97 Å². The number of nitrogens with one attached hydrogen (secondary N) is 2. The molecule has 7 heteroatoms. The Bertz CT molecular complexity index is 739. The Morgan fingerprint density at radius 3 is 2.38 bits per heavy atom. The molecule has 0 saturated heterocycles. The summed E-state index contributed by atoms with van der Waals surface area (Å²) in [5, 5.41) is 6.05. The van der Waals surface area contributed by atoms with E-state index in [4.69, 9.17) is 9.47 Å². The van der Waals surface area contributed by atoms with E-state index >= 15 is 0 Å². The predicted molar refractivity (Wildman–Crippen MR) is 101 cm³/mol. The van der Waals surface area contributed by atoms with Crippen LogP contribution in [-0.2, 0) is 0 Å². The van der Waals surface area contributed by atoms with Crippen LogP contribution in [0.15, 0.2) is 30.3 Å². The Labute approximate surface area is 154 Å². The van der Waals surface area contributed by atoms with E-state index in [1.807, 2.05) is 45.0 Å². The molecule has 1 aromatic heterocycles. The van der Waals surface area contributed by atoms with Crippen molar-refractivity contribution in [3.05, 3.63) is 41.9 Å². The van der Waals surface area contributed by atoms with Crippen LogP contribution in [0.25, 0.3) is 0 Å². The quantitative estimate of drug-likeness (QED) is 0.740. The summed E-state index contributed by atoms with van der Waals surface area (Å²) in [6.45, 7) is 8.57. The van der Waals surface area contributed by atoms with Crippen LogP contribution in [0.2, 0.25) is 0 Å². The van der Waals surface area contributed by atoms with E-state index in [1.54, 1.807) is 20.1 Å². The lowest BCUT2D eigenvalue weighted by atomic mass is 10.1. The highest BCUT2D eigenvalue weighted by atomic mass is 16.5. The number of rotatable bonds is 7.